The second-order valence-corrected chi connectivity index (χ2v) is 7.10. The van der Waals surface area contributed by atoms with Crippen LogP contribution in [0.2, 0.25) is 0 Å². The van der Waals surface area contributed by atoms with Crippen LogP contribution in [-0.2, 0) is 4.74 Å². The first kappa shape index (κ1) is 16.5. The summed E-state index contributed by atoms with van der Waals surface area (Å²) in [5, 5.41) is 14.0. The molecule has 6 nitrogen and oxygen atoms in total. The fraction of sp³-hybridized carbons (Fsp3) is 0.579. The largest absolute Gasteiger partial charge is 0.493 e. The Bertz CT molecular complexity index is 710. The zero-order valence-corrected chi connectivity index (χ0v) is 14.4. The molecule has 2 N–H and O–H groups in total. The quantitative estimate of drug-likeness (QED) is 0.869. The molecule has 0 amide bonds. The highest BCUT2D eigenvalue weighted by atomic mass is 16.5. The summed E-state index contributed by atoms with van der Waals surface area (Å²) in [6, 6.07) is 6.28. The third kappa shape index (κ3) is 4.19. The lowest BCUT2D eigenvalue weighted by Gasteiger charge is -2.26. The van der Waals surface area contributed by atoms with E-state index < -0.39 is 0 Å². The van der Waals surface area contributed by atoms with Gasteiger partial charge in [0.1, 0.15) is 5.75 Å². The van der Waals surface area contributed by atoms with Gasteiger partial charge in [0.25, 0.3) is 0 Å². The molecule has 1 saturated heterocycles. The van der Waals surface area contributed by atoms with Crippen LogP contribution in [0.4, 0.5) is 5.95 Å². The van der Waals surface area contributed by atoms with Gasteiger partial charge in [0.05, 0.1) is 24.8 Å². The number of nitrogens with one attached hydrogen (secondary N) is 1. The molecular formula is C19H25N3O3. The molecule has 1 saturated carbocycles. The molecule has 2 fully saturated rings. The van der Waals surface area contributed by atoms with Gasteiger partial charge in [-0.3, -0.25) is 0 Å². The number of ether oxygens (including phenoxy) is 2. The van der Waals surface area contributed by atoms with Crippen LogP contribution in [0.15, 0.2) is 24.4 Å². The first-order valence-corrected chi connectivity index (χ1v) is 9.18. The minimum absolute atomic E-state index is 0.152. The maximum absolute atomic E-state index is 9.61. The van der Waals surface area contributed by atoms with Crippen LogP contribution in [0.5, 0.6) is 5.75 Å². The lowest BCUT2D eigenvalue weighted by Crippen LogP contribution is -2.28. The van der Waals surface area contributed by atoms with Crippen LogP contribution in [0.3, 0.4) is 0 Å². The van der Waals surface area contributed by atoms with Crippen molar-refractivity contribution in [3.63, 3.8) is 0 Å². The molecule has 1 atom stereocenters. The van der Waals surface area contributed by atoms with Crippen molar-refractivity contribution in [2.45, 2.75) is 44.2 Å². The summed E-state index contributed by atoms with van der Waals surface area (Å²) in [6.07, 6.45) is 6.35. The second kappa shape index (κ2) is 7.54. The molecule has 25 heavy (non-hydrogen) atoms. The molecule has 1 aromatic carbocycles. The predicted octanol–water partition coefficient (Wildman–Crippen LogP) is 2.76. The standard InChI is InChI=1S/C19H25N3O3/c23-16-4-2-15(3-5-16)21-19-20-10-14-1-6-17(9-18(14)22-19)25-12-13-7-8-24-11-13/h1,6,9-10,13,15-16,23H,2-5,7-8,11-12H2,(H,20,21,22). The molecule has 0 radical (unpaired) electrons. The Balaban J connectivity index is 1.42. The van der Waals surface area contributed by atoms with E-state index in [2.05, 4.69) is 15.3 Å². The van der Waals surface area contributed by atoms with Crippen molar-refractivity contribution in [1.29, 1.82) is 0 Å². The molecule has 1 aliphatic carbocycles. The van der Waals surface area contributed by atoms with E-state index >= 15 is 0 Å². The third-order valence-electron chi connectivity index (χ3n) is 5.09. The molecule has 1 aromatic heterocycles. The molecule has 2 heterocycles. The van der Waals surface area contributed by atoms with Gasteiger partial charge in [-0.15, -0.1) is 0 Å². The molecule has 0 spiro atoms. The monoisotopic (exact) mass is 343 g/mol. The Morgan fingerprint density at radius 1 is 1.20 bits per heavy atom. The minimum atomic E-state index is -0.152. The fourth-order valence-corrected chi connectivity index (χ4v) is 3.49. The number of nitrogens with zero attached hydrogens (tertiary/aromatic N) is 2. The third-order valence-corrected chi connectivity index (χ3v) is 5.09. The molecule has 0 bridgehead atoms. The molecule has 1 unspecified atom stereocenters. The second-order valence-electron chi connectivity index (χ2n) is 7.10. The Morgan fingerprint density at radius 3 is 2.88 bits per heavy atom. The number of aromatic nitrogens is 2. The molecule has 6 heteroatoms. The lowest BCUT2D eigenvalue weighted by molar-refractivity contribution is 0.126. The van der Waals surface area contributed by atoms with E-state index in [1.165, 1.54) is 0 Å². The van der Waals surface area contributed by atoms with Gasteiger partial charge >= 0.3 is 0 Å². The minimum Gasteiger partial charge on any atom is -0.493 e. The first-order valence-electron chi connectivity index (χ1n) is 9.18. The van der Waals surface area contributed by atoms with Gasteiger partial charge in [0.15, 0.2) is 0 Å². The Kier molecular flexibility index (Phi) is 4.99. The van der Waals surface area contributed by atoms with Crippen molar-refractivity contribution in [3.8, 4) is 5.75 Å². The summed E-state index contributed by atoms with van der Waals surface area (Å²) in [6.45, 7) is 2.32. The number of benzene rings is 1. The van der Waals surface area contributed by atoms with E-state index in [4.69, 9.17) is 9.47 Å². The first-order chi connectivity index (χ1) is 12.3. The summed E-state index contributed by atoms with van der Waals surface area (Å²) in [5.74, 6) is 1.97. The summed E-state index contributed by atoms with van der Waals surface area (Å²) in [4.78, 5) is 9.06. The summed E-state index contributed by atoms with van der Waals surface area (Å²) >= 11 is 0. The molecule has 1 aliphatic heterocycles. The fourth-order valence-electron chi connectivity index (χ4n) is 3.49. The van der Waals surface area contributed by atoms with Crippen LogP contribution in [0.25, 0.3) is 10.9 Å². The number of aliphatic hydroxyl groups is 1. The van der Waals surface area contributed by atoms with Crippen LogP contribution < -0.4 is 10.1 Å². The summed E-state index contributed by atoms with van der Waals surface area (Å²) in [7, 11) is 0. The van der Waals surface area contributed by atoms with Gasteiger partial charge in [0, 0.05) is 36.2 Å². The topological polar surface area (TPSA) is 76.5 Å². The van der Waals surface area contributed by atoms with Gasteiger partial charge in [-0.05, 0) is 44.2 Å². The van der Waals surface area contributed by atoms with Crippen molar-refractivity contribution in [3.05, 3.63) is 24.4 Å². The van der Waals surface area contributed by atoms with Gasteiger partial charge < -0.3 is 19.9 Å². The van der Waals surface area contributed by atoms with E-state index in [0.29, 0.717) is 24.5 Å². The number of hydrogen-bond donors (Lipinski definition) is 2. The highest BCUT2D eigenvalue weighted by Crippen LogP contribution is 2.24. The zero-order valence-electron chi connectivity index (χ0n) is 14.4. The normalized spacial score (nSPS) is 26.7. The van der Waals surface area contributed by atoms with E-state index in [1.807, 2.05) is 24.4 Å². The van der Waals surface area contributed by atoms with Gasteiger partial charge in [0.2, 0.25) is 5.95 Å². The number of anilines is 1. The zero-order chi connectivity index (χ0) is 17.1. The number of rotatable bonds is 5. The Labute approximate surface area is 147 Å². The molecule has 4 rings (SSSR count). The van der Waals surface area contributed by atoms with Gasteiger partial charge in [-0.2, -0.15) is 0 Å². The maximum Gasteiger partial charge on any atom is 0.223 e. The number of aliphatic hydroxyl groups excluding tert-OH is 1. The highest BCUT2D eigenvalue weighted by Gasteiger charge is 2.20. The van der Waals surface area contributed by atoms with Crippen LogP contribution >= 0.6 is 0 Å². The lowest BCUT2D eigenvalue weighted by atomic mass is 9.93. The predicted molar refractivity (Wildman–Crippen MR) is 95.8 cm³/mol. The van der Waals surface area contributed by atoms with Crippen molar-refractivity contribution in [2.75, 3.05) is 25.1 Å². The maximum atomic E-state index is 9.61. The van der Waals surface area contributed by atoms with E-state index in [-0.39, 0.29) is 6.10 Å². The van der Waals surface area contributed by atoms with Crippen molar-refractivity contribution >= 4 is 16.9 Å². The molecule has 2 aliphatic rings. The molecule has 2 aromatic rings. The number of hydrogen-bond acceptors (Lipinski definition) is 6. The Morgan fingerprint density at radius 2 is 2.08 bits per heavy atom. The van der Waals surface area contributed by atoms with Crippen LogP contribution in [-0.4, -0.2) is 47.0 Å². The number of fused-ring (bicyclic) bond motifs is 1. The molecular weight excluding hydrogens is 318 g/mol. The van der Waals surface area contributed by atoms with Gasteiger partial charge in [-0.1, -0.05) is 0 Å². The van der Waals surface area contributed by atoms with E-state index in [1.54, 1.807) is 0 Å². The highest BCUT2D eigenvalue weighted by molar-refractivity contribution is 5.80. The Hall–Kier alpha value is -1.92. The van der Waals surface area contributed by atoms with Crippen molar-refractivity contribution in [1.82, 2.24) is 9.97 Å². The smallest absolute Gasteiger partial charge is 0.223 e. The van der Waals surface area contributed by atoms with Gasteiger partial charge in [-0.25, -0.2) is 9.97 Å². The summed E-state index contributed by atoms with van der Waals surface area (Å²) in [5.41, 5.74) is 0.883. The van der Waals surface area contributed by atoms with E-state index in [0.717, 1.165) is 62.0 Å². The van der Waals surface area contributed by atoms with Crippen molar-refractivity contribution < 1.29 is 14.6 Å². The summed E-state index contributed by atoms with van der Waals surface area (Å²) < 4.78 is 11.3. The SMILES string of the molecule is OC1CCC(Nc2ncc3ccc(OCC4CCOC4)cc3n2)CC1. The van der Waals surface area contributed by atoms with E-state index in [9.17, 15) is 5.11 Å². The van der Waals surface area contributed by atoms with Crippen LogP contribution in [0.1, 0.15) is 32.1 Å². The molecule has 134 valence electrons. The average molecular weight is 343 g/mol. The van der Waals surface area contributed by atoms with Crippen LogP contribution in [0, 0.1) is 5.92 Å². The average Bonchev–Trinajstić information content (AvgIpc) is 3.15. The van der Waals surface area contributed by atoms with Crippen molar-refractivity contribution in [2.24, 2.45) is 5.92 Å².